The van der Waals surface area contributed by atoms with Gasteiger partial charge in [0.15, 0.2) is 37.9 Å². The zero-order valence-corrected chi connectivity index (χ0v) is 18.8. The van der Waals surface area contributed by atoms with Crippen LogP contribution in [0.2, 0.25) is 0 Å². The van der Waals surface area contributed by atoms with E-state index in [2.05, 4.69) is 10.5 Å². The average Bonchev–Trinajstić information content (AvgIpc) is 2.70. The third-order valence-corrected chi connectivity index (χ3v) is 4.07. The number of anilines is 1. The van der Waals surface area contributed by atoms with Gasteiger partial charge in [-0.05, 0) is 24.3 Å². The smallest absolute Gasteiger partial charge is 0.261 e. The predicted molar refractivity (Wildman–Crippen MR) is 102 cm³/mol. The zero-order valence-electron chi connectivity index (χ0n) is 15.7. The number of hydrogen-bond acceptors (Lipinski definition) is 3. The molecule has 0 spiro atoms. The minimum Gasteiger partial charge on any atom is -1.00 e. The van der Waals surface area contributed by atoms with E-state index in [1.165, 1.54) is 6.21 Å². The van der Waals surface area contributed by atoms with E-state index >= 15 is 0 Å². The van der Waals surface area contributed by atoms with Crippen molar-refractivity contribution in [3.8, 4) is 0 Å². The fraction of sp³-hybridized carbons (Fsp3) is 0.143. The molecule has 2 aromatic heterocycles. The molecule has 6 nitrogen and oxygen atoms in total. The Balaban J connectivity index is 0.00000210. The van der Waals surface area contributed by atoms with Crippen molar-refractivity contribution in [1.29, 1.82) is 0 Å². The molecule has 0 aliphatic rings. The van der Waals surface area contributed by atoms with E-state index in [1.54, 1.807) is 6.07 Å². The number of oxime groups is 1. The largest absolute Gasteiger partial charge is 1.00 e. The number of pyridine rings is 2. The van der Waals surface area contributed by atoms with Crippen LogP contribution in [-0.4, -0.2) is 17.3 Å². The Labute approximate surface area is 191 Å². The maximum atomic E-state index is 12.4. The number of amides is 1. The van der Waals surface area contributed by atoms with E-state index in [0.29, 0.717) is 5.56 Å². The molecular formula is C21H22Br2N4O2. The lowest BCUT2D eigenvalue weighted by Gasteiger charge is -2.04. The summed E-state index contributed by atoms with van der Waals surface area (Å²) in [6.07, 6.45) is 10.0. The summed E-state index contributed by atoms with van der Waals surface area (Å²) in [5.74, 6) is -0.124. The van der Waals surface area contributed by atoms with Crippen LogP contribution in [0.1, 0.15) is 22.3 Å². The summed E-state index contributed by atoms with van der Waals surface area (Å²) in [6.45, 7) is 1.61. The van der Waals surface area contributed by atoms with Gasteiger partial charge < -0.3 is 44.5 Å². The first kappa shape index (κ1) is 24.5. The molecule has 0 saturated heterocycles. The number of benzene rings is 1. The maximum absolute atomic E-state index is 12.4. The summed E-state index contributed by atoms with van der Waals surface area (Å²) in [4.78, 5) is 12.4. The molecule has 2 N–H and O–H groups in total. The second kappa shape index (κ2) is 12.8. The highest BCUT2D eigenvalue weighted by Gasteiger charge is 2.12. The summed E-state index contributed by atoms with van der Waals surface area (Å²) in [5.41, 5.74) is 2.24. The molecule has 0 saturated carbocycles. The van der Waals surface area contributed by atoms with E-state index in [1.807, 2.05) is 82.5 Å². The van der Waals surface area contributed by atoms with Crippen molar-refractivity contribution in [2.75, 3.05) is 5.32 Å². The van der Waals surface area contributed by atoms with Crippen LogP contribution in [0.15, 0.2) is 84.5 Å². The number of halogens is 2. The standard InChI is InChI=1S/C21H20N4O2.2BrH/c26-21(23-20-9-2-1-3-10-20)19-8-5-12-25(17-19)14-6-13-24-11-4-7-18(16-24)15-22-27;;/h1-5,7-12,15-17H,6,13-14H2;2*1H/b22-15+;;. The van der Waals surface area contributed by atoms with Crippen LogP contribution in [0, 0.1) is 0 Å². The van der Waals surface area contributed by atoms with Crippen LogP contribution in [0.5, 0.6) is 0 Å². The number of aryl methyl sites for hydroxylation is 2. The van der Waals surface area contributed by atoms with Gasteiger partial charge in [0.2, 0.25) is 0 Å². The minimum absolute atomic E-state index is 0. The summed E-state index contributed by atoms with van der Waals surface area (Å²) < 4.78 is 4.06. The average molecular weight is 522 g/mol. The number of nitrogens with zero attached hydrogens (tertiary/aromatic N) is 3. The van der Waals surface area contributed by atoms with Crippen LogP contribution >= 0.6 is 0 Å². The van der Waals surface area contributed by atoms with Crippen LogP contribution in [0.3, 0.4) is 0 Å². The van der Waals surface area contributed by atoms with Gasteiger partial charge in [0.1, 0.15) is 5.56 Å². The van der Waals surface area contributed by atoms with Crippen molar-refractivity contribution in [3.05, 3.63) is 90.5 Å². The van der Waals surface area contributed by atoms with Gasteiger partial charge >= 0.3 is 0 Å². The zero-order chi connectivity index (χ0) is 18.9. The molecular weight excluding hydrogens is 500 g/mol. The number of carbonyl (C=O) groups excluding carboxylic acids is 1. The van der Waals surface area contributed by atoms with Gasteiger partial charge in [-0.1, -0.05) is 23.4 Å². The van der Waals surface area contributed by atoms with Gasteiger partial charge in [-0.3, -0.25) is 4.79 Å². The molecule has 2 heterocycles. The fourth-order valence-electron chi connectivity index (χ4n) is 2.78. The van der Waals surface area contributed by atoms with Crippen LogP contribution in [0.4, 0.5) is 5.69 Å². The molecule has 29 heavy (non-hydrogen) atoms. The van der Waals surface area contributed by atoms with Gasteiger partial charge in [-0.2, -0.15) is 0 Å². The van der Waals surface area contributed by atoms with Crippen molar-refractivity contribution >= 4 is 17.8 Å². The minimum atomic E-state index is -0.124. The van der Waals surface area contributed by atoms with Gasteiger partial charge in [0.05, 0.1) is 18.2 Å². The molecule has 0 unspecified atom stereocenters. The van der Waals surface area contributed by atoms with E-state index in [9.17, 15) is 4.79 Å². The third kappa shape index (κ3) is 7.75. The van der Waals surface area contributed by atoms with E-state index in [0.717, 1.165) is 30.8 Å². The van der Waals surface area contributed by atoms with Gasteiger partial charge in [0.25, 0.3) is 5.91 Å². The lowest BCUT2D eigenvalue weighted by Crippen LogP contribution is -3.00. The molecule has 0 bridgehead atoms. The second-order valence-corrected chi connectivity index (χ2v) is 6.12. The normalized spacial score (nSPS) is 10.1. The first-order valence-electron chi connectivity index (χ1n) is 8.76. The Hall–Kier alpha value is -2.58. The molecule has 0 fully saturated rings. The van der Waals surface area contributed by atoms with Gasteiger partial charge in [-0.15, -0.1) is 0 Å². The van der Waals surface area contributed by atoms with Crippen molar-refractivity contribution in [3.63, 3.8) is 0 Å². The fourth-order valence-corrected chi connectivity index (χ4v) is 2.78. The lowest BCUT2D eigenvalue weighted by atomic mass is 10.2. The Bertz CT molecular complexity index is 937. The molecule has 0 radical (unpaired) electrons. The molecule has 0 aliphatic heterocycles. The lowest BCUT2D eigenvalue weighted by molar-refractivity contribution is -0.727. The second-order valence-electron chi connectivity index (χ2n) is 6.12. The highest BCUT2D eigenvalue weighted by molar-refractivity contribution is 6.03. The quantitative estimate of drug-likeness (QED) is 0.146. The van der Waals surface area contributed by atoms with E-state index < -0.39 is 0 Å². The Kier molecular flexibility index (Phi) is 10.8. The first-order chi connectivity index (χ1) is 13.2. The topological polar surface area (TPSA) is 69.5 Å². The van der Waals surface area contributed by atoms with Crippen molar-refractivity contribution < 1.29 is 53.1 Å². The highest BCUT2D eigenvalue weighted by Crippen LogP contribution is 2.07. The summed E-state index contributed by atoms with van der Waals surface area (Å²) >= 11 is 0. The number of hydrogen-bond donors (Lipinski definition) is 2. The van der Waals surface area contributed by atoms with Crippen LogP contribution < -0.4 is 48.4 Å². The molecule has 1 aromatic carbocycles. The van der Waals surface area contributed by atoms with Gasteiger partial charge in [0, 0.05) is 17.8 Å². The Morgan fingerprint density at radius 1 is 0.931 bits per heavy atom. The van der Waals surface area contributed by atoms with Crippen molar-refractivity contribution in [2.45, 2.75) is 19.5 Å². The van der Waals surface area contributed by atoms with Crippen LogP contribution in [0.25, 0.3) is 0 Å². The molecule has 0 atom stereocenters. The highest BCUT2D eigenvalue weighted by atomic mass is 79.9. The number of nitrogens with one attached hydrogen (secondary N) is 1. The Morgan fingerprint density at radius 3 is 2.28 bits per heavy atom. The molecule has 3 rings (SSSR count). The Morgan fingerprint density at radius 2 is 1.59 bits per heavy atom. The maximum Gasteiger partial charge on any atom is 0.261 e. The molecule has 3 aromatic rings. The molecule has 8 heteroatoms. The number of para-hydroxylation sites is 1. The predicted octanol–water partition coefficient (Wildman–Crippen LogP) is -3.58. The molecule has 152 valence electrons. The van der Waals surface area contributed by atoms with Gasteiger partial charge in [-0.25, -0.2) is 9.13 Å². The van der Waals surface area contributed by atoms with Crippen molar-refractivity contribution in [1.82, 2.24) is 0 Å². The summed E-state index contributed by atoms with van der Waals surface area (Å²) in [6, 6.07) is 16.9. The van der Waals surface area contributed by atoms with Crippen LogP contribution in [-0.2, 0) is 13.1 Å². The number of aromatic nitrogens is 2. The molecule has 0 aliphatic carbocycles. The molecule has 1 amide bonds. The third-order valence-electron chi connectivity index (χ3n) is 4.07. The first-order valence-corrected chi connectivity index (χ1v) is 8.76. The summed E-state index contributed by atoms with van der Waals surface area (Å²) in [5, 5.41) is 14.6. The SMILES string of the molecule is O=C(Nc1ccccc1)c1ccc[n+](CCC[n+]2cccc(/C=N/O)c2)c1.[Br-].[Br-]. The monoisotopic (exact) mass is 520 g/mol. The number of rotatable bonds is 7. The summed E-state index contributed by atoms with van der Waals surface area (Å²) in [7, 11) is 0. The van der Waals surface area contributed by atoms with Crippen molar-refractivity contribution in [2.24, 2.45) is 5.16 Å². The van der Waals surface area contributed by atoms with E-state index in [-0.39, 0.29) is 39.9 Å². The number of carbonyl (C=O) groups is 1. The van der Waals surface area contributed by atoms with E-state index in [4.69, 9.17) is 5.21 Å².